The second-order valence-electron chi connectivity index (χ2n) is 5.78. The van der Waals surface area contributed by atoms with Gasteiger partial charge in [-0.2, -0.15) is 0 Å². The van der Waals surface area contributed by atoms with Crippen molar-refractivity contribution in [1.82, 2.24) is 9.38 Å². The minimum Gasteiger partial charge on any atom is -0.546 e. The summed E-state index contributed by atoms with van der Waals surface area (Å²) in [6, 6.07) is 14.4. The molecule has 0 saturated heterocycles. The molecule has 130 valence electrons. The van der Waals surface area contributed by atoms with Gasteiger partial charge in [0.1, 0.15) is 11.9 Å². The molecule has 1 atom stereocenters. The Hall–Kier alpha value is -3.19. The molecule has 0 aliphatic rings. The number of benzene rings is 2. The molecule has 0 amide bonds. The van der Waals surface area contributed by atoms with Crippen molar-refractivity contribution in [2.45, 2.75) is 13.0 Å². The number of para-hydroxylation sites is 2. The largest absolute Gasteiger partial charge is 0.546 e. The van der Waals surface area contributed by atoms with E-state index in [-0.39, 0.29) is 5.56 Å². The van der Waals surface area contributed by atoms with Gasteiger partial charge in [-0.25, -0.2) is 9.38 Å². The maximum absolute atomic E-state index is 12.7. The summed E-state index contributed by atoms with van der Waals surface area (Å²) in [5.41, 5.74) is 2.29. The molecule has 4 aromatic rings. The van der Waals surface area contributed by atoms with Crippen molar-refractivity contribution >= 4 is 39.4 Å². The first kappa shape index (κ1) is 16.3. The van der Waals surface area contributed by atoms with E-state index in [0.717, 1.165) is 16.6 Å². The second-order valence-corrected chi connectivity index (χ2v) is 6.79. The van der Waals surface area contributed by atoms with Crippen LogP contribution in [-0.2, 0) is 4.79 Å². The van der Waals surface area contributed by atoms with Crippen molar-refractivity contribution in [1.29, 1.82) is 0 Å². The first-order chi connectivity index (χ1) is 12.5. The SMILES string of the molecule is C[C@@H](Oc1ccc(/C=c2/sc3nc4ccccc4n3c2=O)cc1)C(=O)[O-]. The molecule has 26 heavy (non-hydrogen) atoms. The number of hydrogen-bond acceptors (Lipinski definition) is 6. The predicted octanol–water partition coefficient (Wildman–Crippen LogP) is 0.974. The van der Waals surface area contributed by atoms with Gasteiger partial charge in [0.2, 0.25) is 0 Å². The van der Waals surface area contributed by atoms with Gasteiger partial charge in [-0.15, -0.1) is 0 Å². The Kier molecular flexibility index (Phi) is 3.93. The Labute approximate surface area is 151 Å². The molecule has 0 N–H and O–H groups in total. The number of imidazole rings is 1. The number of nitrogens with zero attached hydrogens (tertiary/aromatic N) is 2. The third-order valence-corrected chi connectivity index (χ3v) is 4.94. The fraction of sp³-hybridized carbons (Fsp3) is 0.105. The summed E-state index contributed by atoms with van der Waals surface area (Å²) in [7, 11) is 0. The predicted molar refractivity (Wildman–Crippen MR) is 97.2 cm³/mol. The number of aromatic nitrogens is 2. The normalized spacial score (nSPS) is 13.3. The molecule has 7 heteroatoms. The van der Waals surface area contributed by atoms with E-state index >= 15 is 0 Å². The molecule has 2 heterocycles. The van der Waals surface area contributed by atoms with Gasteiger partial charge >= 0.3 is 0 Å². The van der Waals surface area contributed by atoms with E-state index in [4.69, 9.17) is 4.74 Å². The standard InChI is InChI=1S/C19H14N2O4S/c1-11(18(23)24)25-13-8-6-12(7-9-13)10-16-17(22)21-15-5-3-2-4-14(15)20-19(21)26-16/h2-11H,1H3,(H,23,24)/p-1/b16-10+/t11-/m1/s1. The highest BCUT2D eigenvalue weighted by molar-refractivity contribution is 7.15. The van der Waals surface area contributed by atoms with Crippen LogP contribution in [0.25, 0.3) is 22.1 Å². The Morgan fingerprint density at radius 1 is 1.23 bits per heavy atom. The third kappa shape index (κ3) is 2.82. The van der Waals surface area contributed by atoms with Crippen molar-refractivity contribution in [3.8, 4) is 5.75 Å². The highest BCUT2D eigenvalue weighted by Gasteiger charge is 2.10. The zero-order chi connectivity index (χ0) is 18.3. The van der Waals surface area contributed by atoms with Gasteiger partial charge in [0.15, 0.2) is 4.96 Å². The van der Waals surface area contributed by atoms with Gasteiger partial charge in [0, 0.05) is 0 Å². The van der Waals surface area contributed by atoms with Crippen LogP contribution in [0.5, 0.6) is 5.75 Å². The van der Waals surface area contributed by atoms with Crippen molar-refractivity contribution < 1.29 is 14.6 Å². The molecule has 0 fully saturated rings. The lowest BCUT2D eigenvalue weighted by atomic mass is 10.2. The smallest absolute Gasteiger partial charge is 0.274 e. The van der Waals surface area contributed by atoms with Crippen LogP contribution in [0.15, 0.2) is 53.3 Å². The van der Waals surface area contributed by atoms with Crippen molar-refractivity contribution in [2.75, 3.05) is 0 Å². The summed E-state index contributed by atoms with van der Waals surface area (Å²) in [5.74, 6) is -0.848. The molecule has 0 radical (unpaired) electrons. The summed E-state index contributed by atoms with van der Waals surface area (Å²) in [6.45, 7) is 1.41. The van der Waals surface area contributed by atoms with Gasteiger partial charge in [-0.3, -0.25) is 4.79 Å². The fourth-order valence-corrected chi connectivity index (χ4v) is 3.65. The molecule has 0 unspecified atom stereocenters. The van der Waals surface area contributed by atoms with E-state index in [1.54, 1.807) is 34.7 Å². The van der Waals surface area contributed by atoms with Gasteiger partial charge in [-0.05, 0) is 42.8 Å². The Morgan fingerprint density at radius 2 is 1.96 bits per heavy atom. The van der Waals surface area contributed by atoms with Crippen LogP contribution in [-0.4, -0.2) is 21.5 Å². The zero-order valence-corrected chi connectivity index (χ0v) is 14.5. The number of fused-ring (bicyclic) bond motifs is 3. The van der Waals surface area contributed by atoms with E-state index in [1.807, 2.05) is 24.3 Å². The zero-order valence-electron chi connectivity index (χ0n) is 13.7. The molecule has 0 spiro atoms. The van der Waals surface area contributed by atoms with Crippen LogP contribution in [0.4, 0.5) is 0 Å². The van der Waals surface area contributed by atoms with Crippen LogP contribution in [0.1, 0.15) is 12.5 Å². The van der Waals surface area contributed by atoms with Crippen molar-refractivity contribution in [3.05, 3.63) is 69.0 Å². The van der Waals surface area contributed by atoms with E-state index in [2.05, 4.69) is 4.98 Å². The maximum Gasteiger partial charge on any atom is 0.274 e. The molecule has 2 aromatic carbocycles. The van der Waals surface area contributed by atoms with Crippen molar-refractivity contribution in [3.63, 3.8) is 0 Å². The first-order valence-electron chi connectivity index (χ1n) is 7.92. The Bertz CT molecular complexity index is 1220. The number of aliphatic carboxylic acids is 1. The number of thiazole rings is 1. The number of carboxylic acid groups (broad SMARTS) is 1. The highest BCUT2D eigenvalue weighted by Crippen LogP contribution is 2.17. The molecular weight excluding hydrogens is 352 g/mol. The van der Waals surface area contributed by atoms with Gasteiger partial charge in [-0.1, -0.05) is 35.6 Å². The van der Waals surface area contributed by atoms with Crippen LogP contribution >= 0.6 is 11.3 Å². The molecular formula is C19H13N2O4S-. The van der Waals surface area contributed by atoms with Gasteiger partial charge in [0.25, 0.3) is 5.56 Å². The quantitative estimate of drug-likeness (QED) is 0.538. The number of ether oxygens (including phenoxy) is 1. The summed E-state index contributed by atoms with van der Waals surface area (Å²) in [5, 5.41) is 10.7. The number of rotatable bonds is 4. The van der Waals surface area contributed by atoms with Gasteiger partial charge < -0.3 is 14.6 Å². The lowest BCUT2D eigenvalue weighted by Crippen LogP contribution is -2.37. The Balaban J connectivity index is 1.71. The minimum atomic E-state index is -1.27. The van der Waals surface area contributed by atoms with E-state index in [9.17, 15) is 14.7 Å². The van der Waals surface area contributed by atoms with Crippen LogP contribution in [0.2, 0.25) is 0 Å². The number of carbonyl (C=O) groups excluding carboxylic acids is 1. The third-order valence-electron chi connectivity index (χ3n) is 3.97. The second kappa shape index (κ2) is 6.27. The average Bonchev–Trinajstić information content (AvgIpc) is 3.13. The number of carboxylic acids is 1. The lowest BCUT2D eigenvalue weighted by Gasteiger charge is -2.15. The number of hydrogen-bond donors (Lipinski definition) is 0. The monoisotopic (exact) mass is 365 g/mol. The fourth-order valence-electron chi connectivity index (χ4n) is 2.66. The molecule has 2 aromatic heterocycles. The van der Waals surface area contributed by atoms with Crippen molar-refractivity contribution in [2.24, 2.45) is 0 Å². The minimum absolute atomic E-state index is 0.107. The van der Waals surface area contributed by atoms with Crippen LogP contribution in [0, 0.1) is 0 Å². The van der Waals surface area contributed by atoms with Gasteiger partial charge in [0.05, 0.1) is 21.5 Å². The summed E-state index contributed by atoms with van der Waals surface area (Å²) in [4.78, 5) is 28.6. The van der Waals surface area contributed by atoms with E-state index in [0.29, 0.717) is 15.2 Å². The molecule has 0 aliphatic heterocycles. The maximum atomic E-state index is 12.7. The Morgan fingerprint density at radius 3 is 2.69 bits per heavy atom. The first-order valence-corrected chi connectivity index (χ1v) is 8.74. The topological polar surface area (TPSA) is 83.7 Å². The summed E-state index contributed by atoms with van der Waals surface area (Å²) < 4.78 is 7.43. The number of carbonyl (C=O) groups is 1. The lowest BCUT2D eigenvalue weighted by molar-refractivity contribution is -0.312. The van der Waals surface area contributed by atoms with Crippen LogP contribution < -0.4 is 19.9 Å². The summed E-state index contributed by atoms with van der Waals surface area (Å²) >= 11 is 1.33. The van der Waals surface area contributed by atoms with E-state index < -0.39 is 12.1 Å². The molecule has 0 saturated carbocycles. The van der Waals surface area contributed by atoms with E-state index in [1.165, 1.54) is 18.3 Å². The molecule has 6 nitrogen and oxygen atoms in total. The average molecular weight is 365 g/mol. The molecule has 0 aliphatic carbocycles. The molecule has 4 rings (SSSR count). The summed E-state index contributed by atoms with van der Waals surface area (Å²) in [6.07, 6.45) is 0.749. The highest BCUT2D eigenvalue weighted by atomic mass is 32.1. The van der Waals surface area contributed by atoms with Crippen LogP contribution in [0.3, 0.4) is 0 Å². The molecule has 0 bridgehead atoms.